The zero-order valence-corrected chi connectivity index (χ0v) is 11.2. The molecule has 1 heterocycles. The molecule has 2 rings (SSSR count). The van der Waals surface area contributed by atoms with E-state index in [1.54, 1.807) is 12.1 Å². The van der Waals surface area contributed by atoms with Gasteiger partial charge in [0.2, 0.25) is 0 Å². The number of hydrogen-bond donors (Lipinski definition) is 1. The highest BCUT2D eigenvalue weighted by atomic mass is 19.3. The van der Waals surface area contributed by atoms with Gasteiger partial charge in [-0.15, -0.1) is 0 Å². The van der Waals surface area contributed by atoms with Crippen LogP contribution in [-0.2, 0) is 0 Å². The average molecular weight is 267 g/mol. The molecule has 19 heavy (non-hydrogen) atoms. The van der Waals surface area contributed by atoms with Crippen LogP contribution in [0.4, 0.5) is 8.78 Å². The highest BCUT2D eigenvalue weighted by molar-refractivity contribution is 5.80. The van der Waals surface area contributed by atoms with E-state index in [1.165, 1.54) is 6.07 Å². The molecule has 0 radical (unpaired) electrons. The Labute approximate surface area is 112 Å². The largest absolute Gasteiger partial charge is 0.370 e. The number of rotatable bonds is 4. The zero-order chi connectivity index (χ0) is 14.0. The van der Waals surface area contributed by atoms with Crippen molar-refractivity contribution in [3.63, 3.8) is 0 Å². The third-order valence-corrected chi connectivity index (χ3v) is 3.64. The summed E-state index contributed by atoms with van der Waals surface area (Å²) in [6.07, 6.45) is -1.52. The Kier molecular flexibility index (Phi) is 4.02. The fourth-order valence-corrected chi connectivity index (χ4v) is 2.41. The minimum Gasteiger partial charge on any atom is -0.370 e. The lowest BCUT2D eigenvalue weighted by Gasteiger charge is -2.32. The van der Waals surface area contributed by atoms with Crippen LogP contribution < -0.4 is 5.73 Å². The van der Waals surface area contributed by atoms with Crippen LogP contribution in [-0.4, -0.2) is 23.4 Å². The van der Waals surface area contributed by atoms with Crippen LogP contribution in [0.2, 0.25) is 0 Å². The van der Waals surface area contributed by atoms with E-state index in [0.29, 0.717) is 12.5 Å². The lowest BCUT2D eigenvalue weighted by molar-refractivity contribution is 0.151. The van der Waals surface area contributed by atoms with Crippen molar-refractivity contribution in [2.24, 2.45) is 10.7 Å². The summed E-state index contributed by atoms with van der Waals surface area (Å²) in [5, 5.41) is 0. The van der Waals surface area contributed by atoms with E-state index in [9.17, 15) is 8.78 Å². The minimum atomic E-state index is -2.45. The fraction of sp³-hybridized carbons (Fsp3) is 0.500. The predicted molar refractivity (Wildman–Crippen MR) is 72.2 cm³/mol. The van der Waals surface area contributed by atoms with Gasteiger partial charge in [-0.1, -0.05) is 25.1 Å². The quantitative estimate of drug-likeness (QED) is 0.910. The van der Waals surface area contributed by atoms with Crippen molar-refractivity contribution in [3.8, 4) is 0 Å². The van der Waals surface area contributed by atoms with Crippen molar-refractivity contribution in [1.82, 2.24) is 4.90 Å². The van der Waals surface area contributed by atoms with Crippen LogP contribution in [0.1, 0.15) is 43.9 Å². The van der Waals surface area contributed by atoms with Crippen LogP contribution in [0, 0.1) is 0 Å². The summed E-state index contributed by atoms with van der Waals surface area (Å²) in [7, 11) is 0. The first-order valence-corrected chi connectivity index (χ1v) is 6.50. The molecule has 1 aromatic carbocycles. The Morgan fingerprint density at radius 2 is 2.21 bits per heavy atom. The van der Waals surface area contributed by atoms with Gasteiger partial charge in [-0.3, -0.25) is 4.99 Å². The van der Waals surface area contributed by atoms with Gasteiger partial charge < -0.3 is 10.6 Å². The maximum atomic E-state index is 12.8. The van der Waals surface area contributed by atoms with Gasteiger partial charge in [0.25, 0.3) is 6.43 Å². The van der Waals surface area contributed by atoms with Gasteiger partial charge in [-0.25, -0.2) is 8.78 Å². The van der Waals surface area contributed by atoms with Gasteiger partial charge in [0.05, 0.1) is 12.6 Å². The van der Waals surface area contributed by atoms with Crippen LogP contribution in [0.25, 0.3) is 0 Å². The second-order valence-electron chi connectivity index (χ2n) is 4.85. The summed E-state index contributed by atoms with van der Waals surface area (Å²) in [4.78, 5) is 6.27. The van der Waals surface area contributed by atoms with Crippen LogP contribution in [0.5, 0.6) is 0 Å². The van der Waals surface area contributed by atoms with Gasteiger partial charge in [0, 0.05) is 11.6 Å². The maximum Gasteiger partial charge on any atom is 0.263 e. The number of hydrogen-bond acceptors (Lipinski definition) is 3. The highest BCUT2D eigenvalue weighted by Gasteiger charge is 2.30. The Morgan fingerprint density at radius 1 is 1.47 bits per heavy atom. The summed E-state index contributed by atoms with van der Waals surface area (Å²) in [5.74, 6) is 0.502. The Hall–Kier alpha value is -1.65. The molecule has 2 atom stereocenters. The molecular formula is C14H19F2N3. The Bertz CT molecular complexity index is 474. The third kappa shape index (κ3) is 2.69. The third-order valence-electron chi connectivity index (χ3n) is 3.64. The van der Waals surface area contributed by atoms with Gasteiger partial charge in [-0.05, 0) is 25.0 Å². The molecule has 2 unspecified atom stereocenters. The van der Waals surface area contributed by atoms with Crippen molar-refractivity contribution in [2.75, 3.05) is 6.54 Å². The van der Waals surface area contributed by atoms with E-state index in [-0.39, 0.29) is 17.6 Å². The van der Waals surface area contributed by atoms with Gasteiger partial charge in [0.15, 0.2) is 5.96 Å². The number of nitrogens with two attached hydrogens (primary N) is 1. The molecule has 3 nitrogen and oxygen atoms in total. The summed E-state index contributed by atoms with van der Waals surface area (Å²) < 4.78 is 25.5. The molecular weight excluding hydrogens is 248 g/mol. The second kappa shape index (κ2) is 5.55. The van der Waals surface area contributed by atoms with Gasteiger partial charge in [0.1, 0.15) is 0 Å². The number of alkyl halides is 2. The number of guanidine groups is 1. The zero-order valence-electron chi connectivity index (χ0n) is 11.2. The molecule has 1 aliphatic heterocycles. The fourth-order valence-electron chi connectivity index (χ4n) is 2.41. The molecule has 0 fully saturated rings. The molecule has 1 aromatic rings. The maximum absolute atomic E-state index is 12.8. The smallest absolute Gasteiger partial charge is 0.263 e. The molecule has 0 amide bonds. The Morgan fingerprint density at radius 3 is 2.84 bits per heavy atom. The monoisotopic (exact) mass is 267 g/mol. The summed E-state index contributed by atoms with van der Waals surface area (Å²) in [6.45, 7) is 4.67. The Balaban J connectivity index is 2.28. The second-order valence-corrected chi connectivity index (χ2v) is 4.85. The molecule has 104 valence electrons. The molecule has 0 spiro atoms. The lowest BCUT2D eigenvalue weighted by atomic mass is 10.0. The highest BCUT2D eigenvalue weighted by Crippen LogP contribution is 2.30. The molecule has 0 saturated heterocycles. The molecule has 0 aliphatic carbocycles. The summed E-state index contributed by atoms with van der Waals surface area (Å²) >= 11 is 0. The molecule has 2 N–H and O–H groups in total. The standard InChI is InChI=1S/C14H19F2N3/c1-3-9(2)19-12(8-18-14(19)17)10-5-4-6-11(7-10)13(15)16/h4-7,9,12-13H,3,8H2,1-2H3,(H2,17,18). The van der Waals surface area contributed by atoms with Crippen LogP contribution in [0.15, 0.2) is 29.3 Å². The molecule has 0 saturated carbocycles. The molecule has 0 bridgehead atoms. The number of halogens is 2. The normalized spacial score (nSPS) is 20.8. The van der Waals surface area contributed by atoms with Gasteiger partial charge in [-0.2, -0.15) is 0 Å². The van der Waals surface area contributed by atoms with Crippen LogP contribution >= 0.6 is 0 Å². The van der Waals surface area contributed by atoms with Crippen molar-refractivity contribution in [2.45, 2.75) is 38.8 Å². The molecule has 0 aromatic heterocycles. The average Bonchev–Trinajstić information content (AvgIpc) is 2.80. The first-order valence-electron chi connectivity index (χ1n) is 6.50. The van der Waals surface area contributed by atoms with Crippen molar-refractivity contribution in [3.05, 3.63) is 35.4 Å². The first-order chi connectivity index (χ1) is 9.04. The summed E-state index contributed by atoms with van der Waals surface area (Å²) in [6, 6.07) is 6.74. The molecule has 5 heteroatoms. The number of nitrogens with zero attached hydrogens (tertiary/aromatic N) is 2. The van der Waals surface area contributed by atoms with E-state index in [0.717, 1.165) is 12.0 Å². The number of benzene rings is 1. The first kappa shape index (κ1) is 13.8. The SMILES string of the molecule is CCC(C)N1C(N)=NCC1c1cccc(C(F)F)c1. The van der Waals surface area contributed by atoms with Crippen molar-refractivity contribution < 1.29 is 8.78 Å². The van der Waals surface area contributed by atoms with E-state index < -0.39 is 6.43 Å². The summed E-state index contributed by atoms with van der Waals surface area (Å²) in [5.41, 5.74) is 6.81. The van der Waals surface area contributed by atoms with E-state index >= 15 is 0 Å². The topological polar surface area (TPSA) is 41.6 Å². The predicted octanol–water partition coefficient (Wildman–Crippen LogP) is 3.09. The van der Waals surface area contributed by atoms with Gasteiger partial charge >= 0.3 is 0 Å². The molecule has 1 aliphatic rings. The van der Waals surface area contributed by atoms with Crippen LogP contribution in [0.3, 0.4) is 0 Å². The number of aliphatic imine (C=N–C) groups is 1. The van der Waals surface area contributed by atoms with Crippen molar-refractivity contribution in [1.29, 1.82) is 0 Å². The van der Waals surface area contributed by atoms with Crippen molar-refractivity contribution >= 4 is 5.96 Å². The lowest BCUT2D eigenvalue weighted by Crippen LogP contribution is -2.42. The van der Waals surface area contributed by atoms with E-state index in [1.807, 2.05) is 11.0 Å². The van der Waals surface area contributed by atoms with E-state index in [2.05, 4.69) is 18.8 Å². The van der Waals surface area contributed by atoms with E-state index in [4.69, 9.17) is 5.73 Å². The minimum absolute atomic E-state index is 0.0337.